The van der Waals surface area contributed by atoms with Crippen molar-refractivity contribution >= 4 is 60.2 Å². The van der Waals surface area contributed by atoms with Crippen LogP contribution in [0.15, 0.2) is 225 Å². The highest BCUT2D eigenvalue weighted by molar-refractivity contribution is 6.21. The minimum absolute atomic E-state index is 0.669. The zero-order valence-corrected chi connectivity index (χ0v) is 32.1. The molecule has 0 saturated carbocycles. The Morgan fingerprint density at radius 2 is 0.810 bits per heavy atom. The number of hydrogen-bond donors (Lipinski definition) is 1. The van der Waals surface area contributed by atoms with Crippen LogP contribution in [-0.2, 0) is 0 Å². The predicted molar refractivity (Wildman–Crippen MR) is 251 cm³/mol. The van der Waals surface area contributed by atoms with Crippen molar-refractivity contribution in [1.29, 1.82) is 0 Å². The molecule has 0 aromatic heterocycles. The molecule has 274 valence electrons. The molecule has 0 bridgehead atoms. The van der Waals surface area contributed by atoms with Gasteiger partial charge in [-0.1, -0.05) is 171 Å². The van der Waals surface area contributed by atoms with E-state index in [1.54, 1.807) is 6.08 Å². The second kappa shape index (κ2) is 14.4. The van der Waals surface area contributed by atoms with Gasteiger partial charge in [-0.15, -0.1) is 0 Å². The van der Waals surface area contributed by atoms with Gasteiger partial charge in [-0.2, -0.15) is 0 Å². The molecular formula is C56H40N2. The normalized spacial score (nSPS) is 11.3. The van der Waals surface area contributed by atoms with Crippen molar-refractivity contribution in [3.8, 4) is 44.5 Å². The Balaban J connectivity index is 1.02. The lowest BCUT2D eigenvalue weighted by Crippen LogP contribution is -2.15. The molecule has 0 heterocycles. The summed E-state index contributed by atoms with van der Waals surface area (Å²) in [6.07, 6.45) is 1.75. The van der Waals surface area contributed by atoms with Gasteiger partial charge >= 0.3 is 0 Å². The number of anilines is 3. The molecule has 10 rings (SSSR count). The topological polar surface area (TPSA) is 29.3 Å². The van der Waals surface area contributed by atoms with Crippen LogP contribution in [0.3, 0.4) is 0 Å². The summed E-state index contributed by atoms with van der Waals surface area (Å²) in [5.41, 5.74) is 19.6. The van der Waals surface area contributed by atoms with Crippen LogP contribution in [0.1, 0.15) is 0 Å². The molecule has 0 atom stereocenters. The Morgan fingerprint density at radius 1 is 0.397 bits per heavy atom. The van der Waals surface area contributed by atoms with Gasteiger partial charge in [-0.3, -0.25) is 0 Å². The van der Waals surface area contributed by atoms with Crippen molar-refractivity contribution in [1.82, 2.24) is 0 Å². The summed E-state index contributed by atoms with van der Waals surface area (Å²) in [6.45, 7) is 8.20. The van der Waals surface area contributed by atoms with Gasteiger partial charge in [0.05, 0.1) is 11.4 Å². The molecule has 0 amide bonds. The highest BCUT2D eigenvalue weighted by Gasteiger charge is 2.18. The number of nitrogens with zero attached hydrogens (tertiary/aromatic N) is 1. The molecule has 10 aromatic carbocycles. The Labute approximate surface area is 339 Å². The van der Waals surface area contributed by atoms with Crippen molar-refractivity contribution in [2.75, 3.05) is 10.6 Å². The van der Waals surface area contributed by atoms with E-state index in [-0.39, 0.29) is 0 Å². The van der Waals surface area contributed by atoms with Gasteiger partial charge in [-0.25, -0.2) is 0 Å². The molecule has 2 N–H and O–H groups in total. The lowest BCUT2D eigenvalue weighted by molar-refractivity contribution is 1.22. The third kappa shape index (κ3) is 6.09. The molecule has 0 unspecified atom stereocenters. The quantitative estimate of drug-likeness (QED) is 0.0955. The smallest absolute Gasteiger partial charge is 0.0691 e. The van der Waals surface area contributed by atoms with Gasteiger partial charge < -0.3 is 10.6 Å². The molecule has 0 aliphatic heterocycles. The summed E-state index contributed by atoms with van der Waals surface area (Å²) in [7, 11) is 0. The summed E-state index contributed by atoms with van der Waals surface area (Å²) in [4.78, 5) is 2.04. The summed E-state index contributed by atoms with van der Waals surface area (Å²) in [5.74, 6) is 0. The summed E-state index contributed by atoms with van der Waals surface area (Å²) < 4.78 is 0. The van der Waals surface area contributed by atoms with Gasteiger partial charge in [-0.05, 0) is 136 Å². The molecule has 0 spiro atoms. The predicted octanol–water partition coefficient (Wildman–Crippen LogP) is 15.4. The molecule has 0 saturated heterocycles. The minimum Gasteiger partial charge on any atom is -0.397 e. The number of nitrogens with two attached hydrogens (primary N) is 1. The number of nitrogen functional groups attached to an aromatic ring is 1. The van der Waals surface area contributed by atoms with E-state index in [1.165, 1.54) is 76.5 Å². The molecule has 2 nitrogen and oxygen atoms in total. The number of hydrogen-bond acceptors (Lipinski definition) is 2. The first-order chi connectivity index (χ1) is 28.5. The maximum absolute atomic E-state index is 6.76. The van der Waals surface area contributed by atoms with E-state index in [2.05, 4.69) is 177 Å². The first-order valence-corrected chi connectivity index (χ1v) is 19.7. The monoisotopic (exact) mass is 740 g/mol. The standard InChI is InChI=1S/C56H40N2/c1-3-37(2)58(48-15-5-4-6-16-48)54-32-31-46(36-53(54)57)44-27-28-45-35-47(30-29-43(45)34-44)56-51-19-11-9-17-49(51)55(50-18-10-12-20-52(50)56)40-24-21-39(22-25-40)42-26-23-38-13-7-8-14-41(38)33-42/h3-36H,1-2,57H2. The number of allylic oxidation sites excluding steroid dienone is 1. The molecular weight excluding hydrogens is 701 g/mol. The van der Waals surface area contributed by atoms with E-state index in [0.717, 1.165) is 28.2 Å². The van der Waals surface area contributed by atoms with Crippen molar-refractivity contribution in [2.24, 2.45) is 0 Å². The second-order valence-corrected chi connectivity index (χ2v) is 14.9. The maximum atomic E-state index is 6.76. The van der Waals surface area contributed by atoms with Gasteiger partial charge in [0.25, 0.3) is 0 Å². The zero-order chi connectivity index (χ0) is 39.2. The van der Waals surface area contributed by atoms with Crippen molar-refractivity contribution < 1.29 is 0 Å². The minimum atomic E-state index is 0.669. The number of fused-ring (bicyclic) bond motifs is 4. The average Bonchev–Trinajstić information content (AvgIpc) is 3.28. The Kier molecular flexibility index (Phi) is 8.66. The van der Waals surface area contributed by atoms with E-state index < -0.39 is 0 Å². The number of rotatable bonds is 8. The van der Waals surface area contributed by atoms with Crippen molar-refractivity contribution in [3.05, 3.63) is 225 Å². The van der Waals surface area contributed by atoms with Crippen LogP contribution in [0, 0.1) is 0 Å². The summed E-state index contributed by atoms with van der Waals surface area (Å²) in [6, 6.07) is 71.9. The van der Waals surface area contributed by atoms with Crippen LogP contribution in [0.2, 0.25) is 0 Å². The first kappa shape index (κ1) is 34.8. The van der Waals surface area contributed by atoms with E-state index in [1.807, 2.05) is 41.3 Å². The van der Waals surface area contributed by atoms with Crippen LogP contribution in [-0.4, -0.2) is 0 Å². The second-order valence-electron chi connectivity index (χ2n) is 14.9. The van der Waals surface area contributed by atoms with Gasteiger partial charge in [0.15, 0.2) is 0 Å². The van der Waals surface area contributed by atoms with E-state index in [4.69, 9.17) is 5.73 Å². The molecule has 0 aliphatic rings. The lowest BCUT2D eigenvalue weighted by Gasteiger charge is -2.27. The van der Waals surface area contributed by atoms with Crippen LogP contribution >= 0.6 is 0 Å². The molecule has 0 radical (unpaired) electrons. The Bertz CT molecular complexity index is 3150. The first-order valence-electron chi connectivity index (χ1n) is 19.7. The van der Waals surface area contributed by atoms with Crippen LogP contribution in [0.5, 0.6) is 0 Å². The average molecular weight is 741 g/mol. The van der Waals surface area contributed by atoms with Crippen LogP contribution in [0.25, 0.3) is 87.6 Å². The highest BCUT2D eigenvalue weighted by atomic mass is 15.2. The number of benzene rings is 10. The fourth-order valence-corrected chi connectivity index (χ4v) is 8.60. The molecule has 0 fully saturated rings. The zero-order valence-electron chi connectivity index (χ0n) is 32.1. The Morgan fingerprint density at radius 3 is 1.41 bits per heavy atom. The van der Waals surface area contributed by atoms with E-state index in [0.29, 0.717) is 5.69 Å². The van der Waals surface area contributed by atoms with Gasteiger partial charge in [0, 0.05) is 11.4 Å². The van der Waals surface area contributed by atoms with Gasteiger partial charge in [0.2, 0.25) is 0 Å². The van der Waals surface area contributed by atoms with E-state index >= 15 is 0 Å². The van der Waals surface area contributed by atoms with Crippen molar-refractivity contribution in [3.63, 3.8) is 0 Å². The van der Waals surface area contributed by atoms with Crippen molar-refractivity contribution in [2.45, 2.75) is 0 Å². The largest absolute Gasteiger partial charge is 0.397 e. The Hall–Kier alpha value is -7.68. The third-order valence-electron chi connectivity index (χ3n) is 11.5. The SMILES string of the molecule is C=CC(=C)N(c1ccccc1)c1ccc(-c2ccc3cc(-c4c5ccccc5c(-c5ccc(-c6ccc7ccccc7c6)cc5)c5ccccc45)ccc3c2)cc1N. The lowest BCUT2D eigenvalue weighted by atomic mass is 9.85. The van der Waals surface area contributed by atoms with Crippen LogP contribution < -0.4 is 10.6 Å². The maximum Gasteiger partial charge on any atom is 0.0691 e. The molecule has 0 aliphatic carbocycles. The third-order valence-corrected chi connectivity index (χ3v) is 11.5. The molecule has 10 aromatic rings. The molecule has 2 heteroatoms. The summed E-state index contributed by atoms with van der Waals surface area (Å²) in [5, 5.41) is 9.84. The summed E-state index contributed by atoms with van der Waals surface area (Å²) >= 11 is 0. The molecule has 58 heavy (non-hydrogen) atoms. The van der Waals surface area contributed by atoms with Gasteiger partial charge in [0.1, 0.15) is 0 Å². The highest BCUT2D eigenvalue weighted by Crippen LogP contribution is 2.45. The fourth-order valence-electron chi connectivity index (χ4n) is 8.60. The van der Waals surface area contributed by atoms with E-state index in [9.17, 15) is 0 Å². The fraction of sp³-hybridized carbons (Fsp3) is 0. The number of para-hydroxylation sites is 1. The van der Waals surface area contributed by atoms with Crippen LogP contribution in [0.4, 0.5) is 17.1 Å².